The van der Waals surface area contributed by atoms with Crippen LogP contribution in [0.5, 0.6) is 0 Å². The Morgan fingerprint density at radius 3 is 2.62 bits per heavy atom. The summed E-state index contributed by atoms with van der Waals surface area (Å²) in [5, 5.41) is 8.84. The second kappa shape index (κ2) is 3.61. The minimum absolute atomic E-state index is 0.115. The third-order valence-electron chi connectivity index (χ3n) is 2.35. The van der Waals surface area contributed by atoms with Gasteiger partial charge in [-0.2, -0.15) is 5.26 Å². The summed E-state index contributed by atoms with van der Waals surface area (Å²) in [5.41, 5.74) is 2.13. The highest BCUT2D eigenvalue weighted by atomic mass is 15.1. The highest BCUT2D eigenvalue weighted by Crippen LogP contribution is 2.16. The molecule has 0 aliphatic heterocycles. The van der Waals surface area contributed by atoms with E-state index in [-0.39, 0.29) is 6.04 Å². The van der Waals surface area contributed by atoms with E-state index in [1.807, 2.05) is 25.3 Å². The fourth-order valence-electron chi connectivity index (χ4n) is 1.52. The van der Waals surface area contributed by atoms with E-state index in [1.165, 1.54) is 0 Å². The molecule has 0 fully saturated rings. The van der Waals surface area contributed by atoms with Crippen LogP contribution in [0.2, 0.25) is 0 Å². The highest BCUT2D eigenvalue weighted by Gasteiger charge is 2.13. The molecule has 1 heterocycles. The van der Waals surface area contributed by atoms with Gasteiger partial charge in [0.25, 0.3) is 0 Å². The number of hydrogen-bond donors (Lipinski definition) is 0. The van der Waals surface area contributed by atoms with Crippen LogP contribution in [0.3, 0.4) is 0 Å². The predicted molar refractivity (Wildman–Crippen MR) is 51.4 cm³/mol. The van der Waals surface area contributed by atoms with Gasteiger partial charge in [0.2, 0.25) is 0 Å². The topological polar surface area (TPSA) is 41.6 Å². The van der Waals surface area contributed by atoms with Gasteiger partial charge in [-0.1, -0.05) is 6.92 Å². The van der Waals surface area contributed by atoms with Crippen molar-refractivity contribution in [2.45, 2.75) is 40.2 Å². The fraction of sp³-hybridized carbons (Fsp3) is 0.600. The Bertz CT molecular complexity index is 344. The predicted octanol–water partition coefficient (Wildman–Crippen LogP) is 2.15. The van der Waals surface area contributed by atoms with Crippen molar-refractivity contribution in [1.82, 2.24) is 9.55 Å². The van der Waals surface area contributed by atoms with Gasteiger partial charge in [-0.3, -0.25) is 0 Å². The molecule has 0 bridgehead atoms. The van der Waals surface area contributed by atoms with E-state index < -0.39 is 0 Å². The number of hydrogen-bond acceptors (Lipinski definition) is 2. The van der Waals surface area contributed by atoms with Crippen LogP contribution in [-0.4, -0.2) is 9.55 Å². The van der Waals surface area contributed by atoms with E-state index in [2.05, 4.69) is 18.0 Å². The van der Waals surface area contributed by atoms with Crippen molar-refractivity contribution in [2.75, 3.05) is 0 Å². The lowest BCUT2D eigenvalue weighted by Crippen LogP contribution is -2.08. The maximum absolute atomic E-state index is 8.84. The second-order valence-electron chi connectivity index (χ2n) is 3.23. The third kappa shape index (κ3) is 1.57. The standard InChI is InChI=1S/C10H15N3/c1-5-10-12-8(3)9(4)13(10)7(2)6-11/h7H,5H2,1-4H3. The first-order valence-electron chi connectivity index (χ1n) is 4.55. The zero-order valence-electron chi connectivity index (χ0n) is 8.63. The second-order valence-corrected chi connectivity index (χ2v) is 3.23. The van der Waals surface area contributed by atoms with Crippen LogP contribution in [0.15, 0.2) is 0 Å². The van der Waals surface area contributed by atoms with Crippen molar-refractivity contribution < 1.29 is 0 Å². The van der Waals surface area contributed by atoms with Gasteiger partial charge >= 0.3 is 0 Å². The molecule has 0 amide bonds. The normalized spacial score (nSPS) is 12.5. The molecule has 0 saturated heterocycles. The van der Waals surface area contributed by atoms with Gasteiger partial charge in [-0.15, -0.1) is 0 Å². The first kappa shape index (κ1) is 9.79. The maximum Gasteiger partial charge on any atom is 0.119 e. The molecular formula is C10H15N3. The first-order valence-corrected chi connectivity index (χ1v) is 4.55. The number of aryl methyl sites for hydroxylation is 2. The van der Waals surface area contributed by atoms with E-state index in [4.69, 9.17) is 5.26 Å². The van der Waals surface area contributed by atoms with Gasteiger partial charge in [0.1, 0.15) is 11.9 Å². The van der Waals surface area contributed by atoms with E-state index >= 15 is 0 Å². The SMILES string of the molecule is CCc1nc(C)c(C)n1C(C)C#N. The van der Waals surface area contributed by atoms with Crippen molar-refractivity contribution in [3.8, 4) is 6.07 Å². The molecule has 13 heavy (non-hydrogen) atoms. The molecule has 0 saturated carbocycles. The molecule has 1 rings (SSSR count). The largest absolute Gasteiger partial charge is 0.316 e. The van der Waals surface area contributed by atoms with Crippen LogP contribution >= 0.6 is 0 Å². The number of aromatic nitrogens is 2. The Labute approximate surface area is 79.0 Å². The number of nitrogens with zero attached hydrogens (tertiary/aromatic N) is 3. The van der Waals surface area contributed by atoms with E-state index in [0.29, 0.717) is 0 Å². The summed E-state index contributed by atoms with van der Waals surface area (Å²) in [5.74, 6) is 1.00. The van der Waals surface area contributed by atoms with E-state index in [0.717, 1.165) is 23.6 Å². The molecule has 1 aromatic rings. The summed E-state index contributed by atoms with van der Waals surface area (Å²) in [7, 11) is 0. The molecule has 1 unspecified atom stereocenters. The van der Waals surface area contributed by atoms with Crippen molar-refractivity contribution in [2.24, 2.45) is 0 Å². The minimum atomic E-state index is -0.115. The zero-order chi connectivity index (χ0) is 10.0. The molecule has 0 aliphatic carbocycles. The molecule has 0 aromatic carbocycles. The van der Waals surface area contributed by atoms with Crippen molar-refractivity contribution >= 4 is 0 Å². The molecule has 0 spiro atoms. The van der Waals surface area contributed by atoms with E-state index in [9.17, 15) is 0 Å². The van der Waals surface area contributed by atoms with Gasteiger partial charge < -0.3 is 4.57 Å². The van der Waals surface area contributed by atoms with Gasteiger partial charge in [-0.25, -0.2) is 4.98 Å². The number of rotatable bonds is 2. The Morgan fingerprint density at radius 1 is 1.54 bits per heavy atom. The molecule has 1 aromatic heterocycles. The molecule has 0 aliphatic rings. The summed E-state index contributed by atoms with van der Waals surface area (Å²) >= 11 is 0. The Morgan fingerprint density at radius 2 is 2.15 bits per heavy atom. The van der Waals surface area contributed by atoms with Gasteiger partial charge in [0.05, 0.1) is 11.8 Å². The summed E-state index contributed by atoms with van der Waals surface area (Å²) < 4.78 is 2.01. The van der Waals surface area contributed by atoms with Crippen LogP contribution in [0.1, 0.15) is 37.1 Å². The van der Waals surface area contributed by atoms with Crippen LogP contribution in [-0.2, 0) is 6.42 Å². The molecule has 3 nitrogen and oxygen atoms in total. The average molecular weight is 177 g/mol. The van der Waals surface area contributed by atoms with Crippen LogP contribution < -0.4 is 0 Å². The number of nitriles is 1. The molecule has 1 atom stereocenters. The monoisotopic (exact) mass is 177 g/mol. The lowest BCUT2D eigenvalue weighted by Gasteiger charge is -2.10. The Kier molecular flexibility index (Phi) is 2.72. The molecule has 0 N–H and O–H groups in total. The maximum atomic E-state index is 8.84. The van der Waals surface area contributed by atoms with Crippen molar-refractivity contribution in [1.29, 1.82) is 5.26 Å². The summed E-state index contributed by atoms with van der Waals surface area (Å²) in [6.07, 6.45) is 0.876. The summed E-state index contributed by atoms with van der Waals surface area (Å²) in [6, 6.07) is 2.12. The first-order chi connectivity index (χ1) is 6.11. The Hall–Kier alpha value is -1.30. The quantitative estimate of drug-likeness (QED) is 0.694. The zero-order valence-corrected chi connectivity index (χ0v) is 8.63. The highest BCUT2D eigenvalue weighted by molar-refractivity contribution is 5.17. The molecule has 0 radical (unpaired) electrons. The molecule has 3 heteroatoms. The Balaban J connectivity index is 3.25. The summed E-state index contributed by atoms with van der Waals surface area (Å²) in [6.45, 7) is 7.94. The smallest absolute Gasteiger partial charge is 0.119 e. The van der Waals surface area contributed by atoms with Crippen LogP contribution in [0.4, 0.5) is 0 Å². The summed E-state index contributed by atoms with van der Waals surface area (Å²) in [4.78, 5) is 4.41. The minimum Gasteiger partial charge on any atom is -0.316 e. The van der Waals surface area contributed by atoms with Crippen LogP contribution in [0.25, 0.3) is 0 Å². The van der Waals surface area contributed by atoms with Crippen molar-refractivity contribution in [3.05, 3.63) is 17.2 Å². The lowest BCUT2D eigenvalue weighted by molar-refractivity contribution is 0.618. The van der Waals surface area contributed by atoms with Crippen LogP contribution in [0, 0.1) is 25.2 Å². The van der Waals surface area contributed by atoms with Gasteiger partial charge in [0, 0.05) is 12.1 Å². The van der Waals surface area contributed by atoms with Gasteiger partial charge in [-0.05, 0) is 20.8 Å². The lowest BCUT2D eigenvalue weighted by atomic mass is 10.3. The van der Waals surface area contributed by atoms with Crippen molar-refractivity contribution in [3.63, 3.8) is 0 Å². The fourth-order valence-corrected chi connectivity index (χ4v) is 1.52. The van der Waals surface area contributed by atoms with Gasteiger partial charge in [0.15, 0.2) is 0 Å². The molecular weight excluding hydrogens is 162 g/mol. The van der Waals surface area contributed by atoms with E-state index in [1.54, 1.807) is 0 Å². The molecule has 70 valence electrons. The third-order valence-corrected chi connectivity index (χ3v) is 2.35. The number of imidazole rings is 1. The average Bonchev–Trinajstić information content (AvgIpc) is 2.42.